The van der Waals surface area contributed by atoms with Crippen molar-refractivity contribution in [2.75, 3.05) is 38.0 Å². The summed E-state index contributed by atoms with van der Waals surface area (Å²) in [7, 11) is 0. The molecule has 0 atom stereocenters. The number of H-pyrrole nitrogens is 2. The van der Waals surface area contributed by atoms with Crippen molar-refractivity contribution in [3.8, 4) is 0 Å². The molecule has 1 aliphatic carbocycles. The lowest BCUT2D eigenvalue weighted by atomic mass is 10.2. The molecule has 2 fully saturated rings. The Hall–Kier alpha value is -2.12. The van der Waals surface area contributed by atoms with E-state index in [2.05, 4.69) is 25.1 Å². The number of nitrogens with one attached hydrogen (secondary N) is 3. The van der Waals surface area contributed by atoms with Gasteiger partial charge in [0.05, 0.1) is 11.0 Å². The topological polar surface area (TPSA) is 84.2 Å². The average molecular weight is 371 g/mol. The molecule has 1 amide bonds. The number of amides is 1. The van der Waals surface area contributed by atoms with Gasteiger partial charge in [-0.2, -0.15) is 0 Å². The highest BCUT2D eigenvalue weighted by molar-refractivity contribution is 5.93. The van der Waals surface area contributed by atoms with Crippen LogP contribution < -0.4 is 11.0 Å². The van der Waals surface area contributed by atoms with Crippen molar-refractivity contribution in [2.24, 2.45) is 0 Å². The van der Waals surface area contributed by atoms with E-state index in [-0.39, 0.29) is 11.6 Å². The smallest absolute Gasteiger partial charge is 0.323 e. The number of benzene rings is 1. The number of hydrogen-bond donors (Lipinski definition) is 3. The minimum Gasteiger partial charge on any atom is -0.326 e. The number of carbonyl (C=O) groups is 1. The highest BCUT2D eigenvalue weighted by atomic mass is 16.1. The number of fused-ring (bicyclic) bond motifs is 1. The summed E-state index contributed by atoms with van der Waals surface area (Å²) in [5.74, 6) is 0.0177. The summed E-state index contributed by atoms with van der Waals surface area (Å²) >= 11 is 0. The first-order chi connectivity index (χ1) is 13.2. The van der Waals surface area contributed by atoms with Crippen molar-refractivity contribution in [1.82, 2.24) is 19.8 Å². The molecule has 146 valence electrons. The molecular weight excluding hydrogens is 342 g/mol. The number of aromatic amines is 2. The molecule has 0 radical (unpaired) electrons. The highest BCUT2D eigenvalue weighted by Gasteiger charge is 2.24. The monoisotopic (exact) mass is 371 g/mol. The zero-order valence-corrected chi connectivity index (χ0v) is 15.8. The molecule has 7 nitrogen and oxygen atoms in total. The first-order valence-corrected chi connectivity index (χ1v) is 10.2. The van der Waals surface area contributed by atoms with Crippen LogP contribution in [0.5, 0.6) is 0 Å². The summed E-state index contributed by atoms with van der Waals surface area (Å²) in [5, 5.41) is 2.94. The third kappa shape index (κ3) is 4.59. The van der Waals surface area contributed by atoms with Crippen LogP contribution in [0.15, 0.2) is 23.0 Å². The summed E-state index contributed by atoms with van der Waals surface area (Å²) in [6.07, 6.45) is 7.17. The van der Waals surface area contributed by atoms with Crippen molar-refractivity contribution in [2.45, 2.75) is 44.6 Å². The number of nitrogens with zero attached hydrogens (tertiary/aromatic N) is 2. The van der Waals surface area contributed by atoms with E-state index in [1.165, 1.54) is 38.6 Å². The summed E-state index contributed by atoms with van der Waals surface area (Å²) < 4.78 is 0. The number of rotatable bonds is 5. The normalized spacial score (nSPS) is 20.1. The lowest BCUT2D eigenvalue weighted by molar-refractivity contribution is -0.116. The van der Waals surface area contributed by atoms with Gasteiger partial charge in [0.2, 0.25) is 5.91 Å². The second kappa shape index (κ2) is 8.27. The van der Waals surface area contributed by atoms with Gasteiger partial charge in [0.25, 0.3) is 0 Å². The molecule has 1 saturated carbocycles. The largest absolute Gasteiger partial charge is 0.326 e. The fourth-order valence-corrected chi connectivity index (χ4v) is 4.44. The summed E-state index contributed by atoms with van der Waals surface area (Å²) in [6.45, 7) is 5.26. The van der Waals surface area contributed by atoms with E-state index >= 15 is 0 Å². The number of anilines is 1. The van der Waals surface area contributed by atoms with Gasteiger partial charge < -0.3 is 20.2 Å². The van der Waals surface area contributed by atoms with Gasteiger partial charge in [-0.15, -0.1) is 0 Å². The summed E-state index contributed by atoms with van der Waals surface area (Å²) in [6, 6.07) is 6.20. The Labute approximate surface area is 159 Å². The van der Waals surface area contributed by atoms with Crippen LogP contribution in [0, 0.1) is 0 Å². The van der Waals surface area contributed by atoms with Crippen LogP contribution in [0.1, 0.15) is 38.5 Å². The first-order valence-electron chi connectivity index (χ1n) is 10.2. The predicted octanol–water partition coefficient (Wildman–Crippen LogP) is 2.14. The predicted molar refractivity (Wildman–Crippen MR) is 107 cm³/mol. The molecule has 7 heteroatoms. The molecule has 4 rings (SSSR count). The van der Waals surface area contributed by atoms with Crippen LogP contribution in [-0.4, -0.2) is 64.4 Å². The van der Waals surface area contributed by atoms with E-state index in [1.807, 2.05) is 6.07 Å². The van der Waals surface area contributed by atoms with Crippen LogP contribution in [-0.2, 0) is 4.79 Å². The number of imidazole rings is 1. The van der Waals surface area contributed by atoms with Gasteiger partial charge in [-0.3, -0.25) is 9.69 Å². The third-order valence-electron chi connectivity index (χ3n) is 5.92. The Balaban J connectivity index is 1.25. The van der Waals surface area contributed by atoms with Gasteiger partial charge in [0.15, 0.2) is 0 Å². The average Bonchev–Trinajstić information content (AvgIpc) is 3.24. The standard InChI is InChI=1S/C20H29N5O2/c26-19(21-15-6-7-17-18(14-15)23-20(27)22-17)8-11-24-9-3-10-25(13-12-24)16-4-1-2-5-16/h6-7,14,16H,1-5,8-13H2,(H,21,26)(H2,22,23,27). The molecule has 0 spiro atoms. The molecule has 1 aromatic heterocycles. The number of aromatic nitrogens is 2. The van der Waals surface area contributed by atoms with E-state index < -0.39 is 0 Å². The van der Waals surface area contributed by atoms with Crippen molar-refractivity contribution in [3.05, 3.63) is 28.7 Å². The number of carbonyl (C=O) groups excluding carboxylic acids is 1. The molecule has 27 heavy (non-hydrogen) atoms. The van der Waals surface area contributed by atoms with Gasteiger partial charge in [0, 0.05) is 37.8 Å². The van der Waals surface area contributed by atoms with Gasteiger partial charge in [0.1, 0.15) is 0 Å². The molecular formula is C20H29N5O2. The summed E-state index contributed by atoms with van der Waals surface area (Å²) in [5.41, 5.74) is 1.93. The minimum atomic E-state index is -0.235. The maximum absolute atomic E-state index is 12.3. The highest BCUT2D eigenvalue weighted by Crippen LogP contribution is 2.24. The van der Waals surface area contributed by atoms with E-state index in [9.17, 15) is 9.59 Å². The van der Waals surface area contributed by atoms with Crippen LogP contribution >= 0.6 is 0 Å². The van der Waals surface area contributed by atoms with Gasteiger partial charge >= 0.3 is 5.69 Å². The molecule has 0 bridgehead atoms. The lowest BCUT2D eigenvalue weighted by Crippen LogP contribution is -2.37. The van der Waals surface area contributed by atoms with Crippen molar-refractivity contribution < 1.29 is 4.79 Å². The molecule has 2 aromatic rings. The maximum atomic E-state index is 12.3. The molecule has 3 N–H and O–H groups in total. The van der Waals surface area contributed by atoms with Gasteiger partial charge in [-0.25, -0.2) is 4.79 Å². The second-order valence-corrected chi connectivity index (χ2v) is 7.81. The van der Waals surface area contributed by atoms with Crippen molar-refractivity contribution >= 4 is 22.6 Å². The molecule has 0 unspecified atom stereocenters. The third-order valence-corrected chi connectivity index (χ3v) is 5.92. The minimum absolute atomic E-state index is 0.0177. The fourth-order valence-electron chi connectivity index (χ4n) is 4.44. The Morgan fingerprint density at radius 1 is 1.04 bits per heavy atom. The fraction of sp³-hybridized carbons (Fsp3) is 0.600. The number of hydrogen-bond acceptors (Lipinski definition) is 4. The SMILES string of the molecule is O=C(CCN1CCCN(C2CCCC2)CC1)Nc1ccc2[nH]c(=O)[nH]c2c1. The Kier molecular flexibility index (Phi) is 5.59. The quantitative estimate of drug-likeness (QED) is 0.752. The molecule has 1 saturated heterocycles. The molecule has 2 aliphatic rings. The van der Waals surface area contributed by atoms with Gasteiger partial charge in [-0.05, 0) is 50.6 Å². The van der Waals surface area contributed by atoms with E-state index in [0.717, 1.165) is 37.7 Å². The van der Waals surface area contributed by atoms with E-state index in [0.29, 0.717) is 17.6 Å². The van der Waals surface area contributed by atoms with Crippen molar-refractivity contribution in [1.29, 1.82) is 0 Å². The van der Waals surface area contributed by atoms with Crippen molar-refractivity contribution in [3.63, 3.8) is 0 Å². The van der Waals surface area contributed by atoms with Gasteiger partial charge in [-0.1, -0.05) is 12.8 Å². The Morgan fingerprint density at radius 3 is 2.70 bits per heavy atom. The van der Waals surface area contributed by atoms with Crippen LogP contribution in [0.25, 0.3) is 11.0 Å². The maximum Gasteiger partial charge on any atom is 0.323 e. The second-order valence-electron chi connectivity index (χ2n) is 7.81. The van der Waals surface area contributed by atoms with E-state index in [1.54, 1.807) is 12.1 Å². The molecule has 1 aliphatic heterocycles. The van der Waals surface area contributed by atoms with Crippen LogP contribution in [0.2, 0.25) is 0 Å². The Bertz CT molecular complexity index is 836. The lowest BCUT2D eigenvalue weighted by Gasteiger charge is -2.27. The molecule has 2 heterocycles. The zero-order valence-electron chi connectivity index (χ0n) is 15.8. The first kappa shape index (κ1) is 18.3. The molecule has 1 aromatic carbocycles. The van der Waals surface area contributed by atoms with Crippen LogP contribution in [0.3, 0.4) is 0 Å². The zero-order chi connectivity index (χ0) is 18.6. The van der Waals surface area contributed by atoms with Crippen LogP contribution in [0.4, 0.5) is 5.69 Å². The van der Waals surface area contributed by atoms with E-state index in [4.69, 9.17) is 0 Å². The Morgan fingerprint density at radius 2 is 1.85 bits per heavy atom. The summed E-state index contributed by atoms with van der Waals surface area (Å²) in [4.78, 5) is 34.2.